The summed E-state index contributed by atoms with van der Waals surface area (Å²) in [5.41, 5.74) is -2.77. The van der Waals surface area contributed by atoms with Crippen molar-refractivity contribution in [2.45, 2.75) is 12.7 Å². The second-order valence-electron chi connectivity index (χ2n) is 5.51. The molecule has 27 heavy (non-hydrogen) atoms. The molecule has 2 heterocycles. The van der Waals surface area contributed by atoms with Gasteiger partial charge in [0, 0.05) is 11.9 Å². The molecule has 0 unspecified atom stereocenters. The summed E-state index contributed by atoms with van der Waals surface area (Å²) in [4.78, 5) is 38.8. The Morgan fingerprint density at radius 1 is 1.15 bits per heavy atom. The van der Waals surface area contributed by atoms with Gasteiger partial charge in [-0.25, -0.2) is 4.79 Å². The molecule has 1 aromatic carbocycles. The topological polar surface area (TPSA) is 97.1 Å². The van der Waals surface area contributed by atoms with Gasteiger partial charge in [-0.1, -0.05) is 0 Å². The Kier molecular flexibility index (Phi) is 4.72. The number of benzene rings is 1. The number of nitrogens with zero attached hydrogens (tertiary/aromatic N) is 1. The van der Waals surface area contributed by atoms with E-state index in [9.17, 15) is 27.6 Å². The summed E-state index contributed by atoms with van der Waals surface area (Å²) in [6.45, 7) is -0.178. The Bertz CT molecular complexity index is 1060. The van der Waals surface area contributed by atoms with Crippen LogP contribution in [-0.2, 0) is 12.7 Å². The second-order valence-corrected chi connectivity index (χ2v) is 5.51. The van der Waals surface area contributed by atoms with Crippen LogP contribution in [0.5, 0.6) is 0 Å². The standard InChI is InChI=1S/C17H12F3N3O4/c18-17(19,20)10-3-5-11(6-4-10)22-14(24)13-8-21-16(26)23(15(13)25)9-12-2-1-7-27-12/h1-8H,9H2,(H,21,26)(H,22,24). The second kappa shape index (κ2) is 6.98. The molecule has 0 saturated heterocycles. The molecule has 2 N–H and O–H groups in total. The van der Waals surface area contributed by atoms with Crippen LogP contribution in [0.2, 0.25) is 0 Å². The van der Waals surface area contributed by atoms with Gasteiger partial charge in [-0.15, -0.1) is 0 Å². The number of H-pyrrole nitrogens is 1. The van der Waals surface area contributed by atoms with Crippen LogP contribution in [0.1, 0.15) is 21.7 Å². The molecular weight excluding hydrogens is 367 g/mol. The first-order valence-electron chi connectivity index (χ1n) is 7.59. The molecule has 140 valence electrons. The summed E-state index contributed by atoms with van der Waals surface area (Å²) < 4.78 is 43.6. The van der Waals surface area contributed by atoms with Crippen molar-refractivity contribution in [3.63, 3.8) is 0 Å². The molecule has 0 bridgehead atoms. The molecular formula is C17H12F3N3O4. The number of furan rings is 1. The lowest BCUT2D eigenvalue weighted by Crippen LogP contribution is -2.39. The third kappa shape index (κ3) is 4.00. The van der Waals surface area contributed by atoms with E-state index < -0.39 is 28.9 Å². The van der Waals surface area contributed by atoms with E-state index in [1.807, 2.05) is 0 Å². The Labute approximate surface area is 149 Å². The van der Waals surface area contributed by atoms with E-state index in [-0.39, 0.29) is 17.8 Å². The molecule has 0 spiro atoms. The maximum atomic E-state index is 12.6. The van der Waals surface area contributed by atoms with Crippen molar-refractivity contribution < 1.29 is 22.4 Å². The lowest BCUT2D eigenvalue weighted by atomic mass is 10.2. The maximum absolute atomic E-state index is 12.6. The van der Waals surface area contributed by atoms with E-state index in [0.717, 1.165) is 35.0 Å². The summed E-state index contributed by atoms with van der Waals surface area (Å²) in [7, 11) is 0. The summed E-state index contributed by atoms with van der Waals surface area (Å²) in [5, 5.41) is 2.32. The Morgan fingerprint density at radius 3 is 2.44 bits per heavy atom. The predicted molar refractivity (Wildman–Crippen MR) is 88.5 cm³/mol. The largest absolute Gasteiger partial charge is 0.467 e. The van der Waals surface area contributed by atoms with E-state index >= 15 is 0 Å². The normalized spacial score (nSPS) is 11.4. The predicted octanol–water partition coefficient (Wildman–Crippen LogP) is 2.45. The van der Waals surface area contributed by atoms with Crippen molar-refractivity contribution in [3.8, 4) is 0 Å². The van der Waals surface area contributed by atoms with Crippen LogP contribution in [0.4, 0.5) is 18.9 Å². The van der Waals surface area contributed by atoms with Crippen molar-refractivity contribution in [1.29, 1.82) is 0 Å². The average Bonchev–Trinajstić information content (AvgIpc) is 3.11. The number of aromatic amines is 1. The molecule has 10 heteroatoms. The molecule has 3 aromatic rings. The van der Waals surface area contributed by atoms with Crippen molar-refractivity contribution in [3.05, 3.63) is 86.6 Å². The van der Waals surface area contributed by atoms with Gasteiger partial charge < -0.3 is 14.7 Å². The zero-order valence-electron chi connectivity index (χ0n) is 13.5. The first-order chi connectivity index (χ1) is 12.8. The number of hydrogen-bond donors (Lipinski definition) is 2. The fourth-order valence-corrected chi connectivity index (χ4v) is 2.32. The van der Waals surface area contributed by atoms with E-state index in [2.05, 4.69) is 10.3 Å². The number of amides is 1. The van der Waals surface area contributed by atoms with Gasteiger partial charge in [0.1, 0.15) is 11.3 Å². The molecule has 1 amide bonds. The van der Waals surface area contributed by atoms with Gasteiger partial charge in [-0.05, 0) is 36.4 Å². The minimum atomic E-state index is -4.50. The number of anilines is 1. The number of hydrogen-bond acceptors (Lipinski definition) is 4. The van der Waals surface area contributed by atoms with E-state index in [1.165, 1.54) is 6.26 Å². The molecule has 0 aliphatic carbocycles. The molecule has 0 aliphatic rings. The summed E-state index contributed by atoms with van der Waals surface area (Å²) in [6, 6.07) is 6.87. The van der Waals surface area contributed by atoms with Crippen LogP contribution < -0.4 is 16.6 Å². The van der Waals surface area contributed by atoms with Gasteiger partial charge in [-0.3, -0.25) is 14.2 Å². The lowest BCUT2D eigenvalue weighted by molar-refractivity contribution is -0.137. The molecule has 0 atom stereocenters. The van der Waals surface area contributed by atoms with Crippen LogP contribution in [0, 0.1) is 0 Å². The first kappa shape index (κ1) is 18.2. The monoisotopic (exact) mass is 379 g/mol. The molecule has 0 aliphatic heterocycles. The van der Waals surface area contributed by atoms with Crippen LogP contribution in [0.25, 0.3) is 0 Å². The zero-order valence-corrected chi connectivity index (χ0v) is 13.5. The van der Waals surface area contributed by atoms with Gasteiger partial charge in [0.2, 0.25) is 0 Å². The van der Waals surface area contributed by atoms with E-state index in [0.29, 0.717) is 5.76 Å². The van der Waals surface area contributed by atoms with Crippen LogP contribution in [0.3, 0.4) is 0 Å². The molecule has 0 fully saturated rings. The smallest absolute Gasteiger partial charge is 0.416 e. The highest BCUT2D eigenvalue weighted by atomic mass is 19.4. The van der Waals surface area contributed by atoms with Gasteiger partial charge >= 0.3 is 11.9 Å². The van der Waals surface area contributed by atoms with Crippen LogP contribution in [0.15, 0.2) is 62.9 Å². The quantitative estimate of drug-likeness (QED) is 0.728. The van der Waals surface area contributed by atoms with Crippen LogP contribution >= 0.6 is 0 Å². The Morgan fingerprint density at radius 2 is 1.85 bits per heavy atom. The number of carbonyl (C=O) groups is 1. The Balaban J connectivity index is 1.85. The van der Waals surface area contributed by atoms with Gasteiger partial charge in [0.05, 0.1) is 18.4 Å². The average molecular weight is 379 g/mol. The lowest BCUT2D eigenvalue weighted by Gasteiger charge is -2.09. The van der Waals surface area contributed by atoms with Gasteiger partial charge in [0.25, 0.3) is 11.5 Å². The summed E-state index contributed by atoms with van der Waals surface area (Å²) in [6.07, 6.45) is -2.18. The zero-order chi connectivity index (χ0) is 19.6. The Hall–Kier alpha value is -3.56. The number of halogens is 3. The van der Waals surface area contributed by atoms with Crippen molar-refractivity contribution in [2.75, 3.05) is 5.32 Å². The minimum absolute atomic E-state index is 0.0659. The SMILES string of the molecule is O=C(Nc1ccc(C(F)(F)F)cc1)c1c[nH]c(=O)n(Cc2ccco2)c1=O. The minimum Gasteiger partial charge on any atom is -0.467 e. The fraction of sp³-hybridized carbons (Fsp3) is 0.118. The van der Waals surface area contributed by atoms with Crippen molar-refractivity contribution in [1.82, 2.24) is 9.55 Å². The third-order valence-electron chi connectivity index (χ3n) is 3.67. The highest BCUT2D eigenvalue weighted by Gasteiger charge is 2.30. The number of aromatic nitrogens is 2. The molecule has 7 nitrogen and oxygen atoms in total. The summed E-state index contributed by atoms with van der Waals surface area (Å²) >= 11 is 0. The van der Waals surface area contributed by atoms with Crippen molar-refractivity contribution >= 4 is 11.6 Å². The van der Waals surface area contributed by atoms with E-state index in [1.54, 1.807) is 12.1 Å². The fourth-order valence-electron chi connectivity index (χ4n) is 2.32. The molecule has 0 saturated carbocycles. The highest BCUT2D eigenvalue weighted by molar-refractivity contribution is 6.03. The van der Waals surface area contributed by atoms with E-state index in [4.69, 9.17) is 4.42 Å². The van der Waals surface area contributed by atoms with Gasteiger partial charge in [-0.2, -0.15) is 13.2 Å². The number of carbonyl (C=O) groups excluding carboxylic acids is 1. The third-order valence-corrected chi connectivity index (χ3v) is 3.67. The number of alkyl halides is 3. The van der Waals surface area contributed by atoms with Crippen molar-refractivity contribution in [2.24, 2.45) is 0 Å². The number of nitrogens with one attached hydrogen (secondary N) is 2. The summed E-state index contributed by atoms with van der Waals surface area (Å²) in [5.74, 6) is -0.535. The molecule has 3 rings (SSSR count). The highest BCUT2D eigenvalue weighted by Crippen LogP contribution is 2.29. The maximum Gasteiger partial charge on any atom is 0.416 e. The van der Waals surface area contributed by atoms with Crippen LogP contribution in [-0.4, -0.2) is 15.5 Å². The molecule has 2 aromatic heterocycles. The number of rotatable bonds is 4. The first-order valence-corrected chi connectivity index (χ1v) is 7.59. The van der Waals surface area contributed by atoms with Gasteiger partial charge in [0.15, 0.2) is 0 Å². The molecule has 0 radical (unpaired) electrons.